The molecule has 4 rings (SSSR count). The van der Waals surface area contributed by atoms with E-state index < -0.39 is 52.2 Å². The normalized spacial score (nSPS) is 15.8. The van der Waals surface area contributed by atoms with Crippen molar-refractivity contribution >= 4 is 0 Å². The second kappa shape index (κ2) is 8.02. The lowest BCUT2D eigenvalue weighted by atomic mass is 9.78. The van der Waals surface area contributed by atoms with Crippen LogP contribution in [0.1, 0.15) is 41.5 Å². The quantitative estimate of drug-likeness (QED) is 0.301. The SMILES string of the molecule is CCc1cc(F)c(C2CCc3c(F)c(-c4ccc(F)c(F)c4)c(F)c(F)c3C2)c(F)c1. The van der Waals surface area contributed by atoms with E-state index >= 15 is 4.39 Å². The minimum atomic E-state index is -1.55. The number of hydrogen-bond donors (Lipinski definition) is 0. The van der Waals surface area contributed by atoms with Crippen molar-refractivity contribution in [3.8, 4) is 11.1 Å². The molecular formula is C24H17F7. The fourth-order valence-corrected chi connectivity index (χ4v) is 4.28. The maximum Gasteiger partial charge on any atom is 0.169 e. The van der Waals surface area contributed by atoms with Gasteiger partial charge in [-0.15, -0.1) is 0 Å². The van der Waals surface area contributed by atoms with Crippen LogP contribution in [0.3, 0.4) is 0 Å². The molecule has 0 aromatic heterocycles. The van der Waals surface area contributed by atoms with Crippen molar-refractivity contribution in [2.75, 3.05) is 0 Å². The first kappa shape index (κ1) is 21.4. The largest absolute Gasteiger partial charge is 0.207 e. The molecule has 0 nitrogen and oxygen atoms in total. The summed E-state index contributed by atoms with van der Waals surface area (Å²) >= 11 is 0. The van der Waals surface area contributed by atoms with Gasteiger partial charge < -0.3 is 0 Å². The summed E-state index contributed by atoms with van der Waals surface area (Å²) in [6, 6.07) is 4.66. The van der Waals surface area contributed by atoms with E-state index in [0.717, 1.165) is 6.07 Å². The average molecular weight is 438 g/mol. The molecule has 162 valence electrons. The highest BCUT2D eigenvalue weighted by Crippen LogP contribution is 2.41. The Morgan fingerprint density at radius 1 is 0.742 bits per heavy atom. The van der Waals surface area contributed by atoms with E-state index in [4.69, 9.17) is 0 Å². The number of aryl methyl sites for hydroxylation is 1. The highest BCUT2D eigenvalue weighted by atomic mass is 19.2. The molecule has 0 N–H and O–H groups in total. The standard InChI is InChI=1S/C24H17F7/c1-2-11-7-18(27)20(19(28)8-11)12-3-5-14-15(9-12)23(30)24(31)21(22(14)29)13-4-6-16(25)17(26)10-13/h4,6-8,10,12H,2-3,5,9H2,1H3. The molecule has 0 saturated heterocycles. The van der Waals surface area contributed by atoms with Gasteiger partial charge >= 0.3 is 0 Å². The Balaban J connectivity index is 1.79. The number of halogens is 7. The lowest BCUT2D eigenvalue weighted by molar-refractivity contribution is 0.443. The van der Waals surface area contributed by atoms with Crippen LogP contribution in [0.15, 0.2) is 30.3 Å². The Morgan fingerprint density at radius 3 is 2.03 bits per heavy atom. The first-order valence-electron chi connectivity index (χ1n) is 9.84. The number of hydrogen-bond acceptors (Lipinski definition) is 0. The van der Waals surface area contributed by atoms with E-state index in [1.54, 1.807) is 6.92 Å². The summed E-state index contributed by atoms with van der Waals surface area (Å²) in [6.45, 7) is 1.75. The third-order valence-electron chi connectivity index (χ3n) is 5.88. The molecule has 0 saturated carbocycles. The second-order valence-electron chi connectivity index (χ2n) is 7.67. The lowest BCUT2D eigenvalue weighted by Gasteiger charge is -2.27. The van der Waals surface area contributed by atoms with E-state index in [-0.39, 0.29) is 41.5 Å². The van der Waals surface area contributed by atoms with Gasteiger partial charge in [0.1, 0.15) is 17.5 Å². The minimum Gasteiger partial charge on any atom is -0.207 e. The average Bonchev–Trinajstić information content (AvgIpc) is 2.74. The van der Waals surface area contributed by atoms with Crippen LogP contribution in [0.4, 0.5) is 30.7 Å². The molecule has 1 aliphatic carbocycles. The highest BCUT2D eigenvalue weighted by Gasteiger charge is 2.33. The van der Waals surface area contributed by atoms with Crippen molar-refractivity contribution in [1.29, 1.82) is 0 Å². The Bertz CT molecular complexity index is 1160. The zero-order valence-electron chi connectivity index (χ0n) is 16.4. The monoisotopic (exact) mass is 438 g/mol. The molecule has 1 unspecified atom stereocenters. The Labute approximate surface area is 174 Å². The Morgan fingerprint density at radius 2 is 1.42 bits per heavy atom. The van der Waals surface area contributed by atoms with Crippen LogP contribution in [0.2, 0.25) is 0 Å². The van der Waals surface area contributed by atoms with Gasteiger partial charge in [0.2, 0.25) is 0 Å². The van der Waals surface area contributed by atoms with Crippen molar-refractivity contribution < 1.29 is 30.7 Å². The fraction of sp³-hybridized carbons (Fsp3) is 0.250. The second-order valence-corrected chi connectivity index (χ2v) is 7.67. The first-order chi connectivity index (χ1) is 14.7. The van der Waals surface area contributed by atoms with Gasteiger partial charge in [0.05, 0.1) is 5.56 Å². The van der Waals surface area contributed by atoms with Crippen molar-refractivity contribution in [2.45, 2.75) is 38.5 Å². The third-order valence-corrected chi connectivity index (χ3v) is 5.88. The predicted molar refractivity (Wildman–Crippen MR) is 102 cm³/mol. The topological polar surface area (TPSA) is 0 Å². The van der Waals surface area contributed by atoms with Crippen molar-refractivity contribution in [3.05, 3.63) is 93.3 Å². The maximum absolute atomic E-state index is 15.1. The van der Waals surface area contributed by atoms with Gasteiger partial charge in [0, 0.05) is 5.56 Å². The molecule has 3 aromatic carbocycles. The summed E-state index contributed by atoms with van der Waals surface area (Å²) in [5, 5.41) is 0. The number of fused-ring (bicyclic) bond motifs is 1. The number of rotatable bonds is 3. The molecule has 0 fully saturated rings. The first-order valence-corrected chi connectivity index (χ1v) is 9.84. The minimum absolute atomic E-state index is 0.0892. The van der Waals surface area contributed by atoms with E-state index in [1.807, 2.05) is 0 Å². The van der Waals surface area contributed by atoms with Gasteiger partial charge in [-0.05, 0) is 78.1 Å². The molecule has 0 aliphatic heterocycles. The van der Waals surface area contributed by atoms with E-state index in [9.17, 15) is 26.3 Å². The summed E-state index contributed by atoms with van der Waals surface area (Å²) in [4.78, 5) is 0. The van der Waals surface area contributed by atoms with Crippen LogP contribution in [-0.2, 0) is 19.3 Å². The summed E-state index contributed by atoms with van der Waals surface area (Å²) < 4.78 is 101. The molecule has 7 heteroatoms. The van der Waals surface area contributed by atoms with Crippen LogP contribution in [0, 0.1) is 40.7 Å². The molecule has 0 amide bonds. The van der Waals surface area contributed by atoms with Crippen LogP contribution >= 0.6 is 0 Å². The smallest absolute Gasteiger partial charge is 0.169 e. The van der Waals surface area contributed by atoms with E-state index in [2.05, 4.69) is 0 Å². The zero-order chi connectivity index (χ0) is 22.4. The molecule has 1 atom stereocenters. The summed E-state index contributed by atoms with van der Waals surface area (Å²) in [6.07, 6.45) is 0.172. The lowest BCUT2D eigenvalue weighted by Crippen LogP contribution is -2.20. The molecule has 0 heterocycles. The molecule has 0 spiro atoms. The van der Waals surface area contributed by atoms with E-state index in [0.29, 0.717) is 24.1 Å². The third kappa shape index (κ3) is 3.60. The van der Waals surface area contributed by atoms with Crippen molar-refractivity contribution in [2.24, 2.45) is 0 Å². The van der Waals surface area contributed by atoms with Crippen LogP contribution in [0.5, 0.6) is 0 Å². The summed E-state index contributed by atoms with van der Waals surface area (Å²) in [5.74, 6) is -8.85. The van der Waals surface area contributed by atoms with Crippen molar-refractivity contribution in [3.63, 3.8) is 0 Å². The zero-order valence-corrected chi connectivity index (χ0v) is 16.4. The molecule has 0 bridgehead atoms. The highest BCUT2D eigenvalue weighted by molar-refractivity contribution is 5.67. The van der Waals surface area contributed by atoms with Gasteiger partial charge in [0.25, 0.3) is 0 Å². The number of benzene rings is 3. The molecule has 0 radical (unpaired) electrons. The fourth-order valence-electron chi connectivity index (χ4n) is 4.28. The predicted octanol–water partition coefficient (Wildman–Crippen LogP) is 7.16. The Hall–Kier alpha value is -2.83. The van der Waals surface area contributed by atoms with Gasteiger partial charge in [-0.1, -0.05) is 13.0 Å². The van der Waals surface area contributed by atoms with Crippen LogP contribution in [0.25, 0.3) is 11.1 Å². The Kier molecular flexibility index (Phi) is 5.54. The van der Waals surface area contributed by atoms with Gasteiger partial charge in [0.15, 0.2) is 23.3 Å². The van der Waals surface area contributed by atoms with Crippen molar-refractivity contribution in [1.82, 2.24) is 0 Å². The summed E-state index contributed by atoms with van der Waals surface area (Å²) in [5.41, 5.74) is -1.32. The summed E-state index contributed by atoms with van der Waals surface area (Å²) in [7, 11) is 0. The molecular weight excluding hydrogens is 421 g/mol. The molecule has 3 aromatic rings. The van der Waals surface area contributed by atoms with Crippen LogP contribution in [-0.4, -0.2) is 0 Å². The maximum atomic E-state index is 15.1. The van der Waals surface area contributed by atoms with Gasteiger partial charge in [-0.25, -0.2) is 30.7 Å². The van der Waals surface area contributed by atoms with Gasteiger partial charge in [-0.3, -0.25) is 0 Å². The van der Waals surface area contributed by atoms with Gasteiger partial charge in [-0.2, -0.15) is 0 Å². The van der Waals surface area contributed by atoms with Crippen LogP contribution < -0.4 is 0 Å². The molecule has 1 aliphatic rings. The molecule has 31 heavy (non-hydrogen) atoms. The van der Waals surface area contributed by atoms with E-state index in [1.165, 1.54) is 12.1 Å².